The van der Waals surface area contributed by atoms with Gasteiger partial charge in [0.05, 0.1) is 24.6 Å². The van der Waals surface area contributed by atoms with Crippen LogP contribution in [0, 0.1) is 0 Å². The second kappa shape index (κ2) is 7.13. The lowest BCUT2D eigenvalue weighted by molar-refractivity contribution is -0.122. The monoisotopic (exact) mass is 266 g/mol. The summed E-state index contributed by atoms with van der Waals surface area (Å²) in [6.07, 6.45) is 9.70. The maximum absolute atomic E-state index is 11.6. The zero-order valence-electron chi connectivity index (χ0n) is 11.2. The van der Waals surface area contributed by atoms with Crippen molar-refractivity contribution in [3.63, 3.8) is 0 Å². The Balaban J connectivity index is 1.56. The number of amides is 1. The maximum atomic E-state index is 11.6. The molecule has 1 aromatic rings. The van der Waals surface area contributed by atoms with Gasteiger partial charge in [-0.1, -0.05) is 19.3 Å². The molecule has 1 aliphatic rings. The van der Waals surface area contributed by atoms with Crippen molar-refractivity contribution in [1.29, 1.82) is 0 Å². The molecule has 0 saturated heterocycles. The SMILES string of the molecule is Nc1cnn(CC(=O)NCCOC2CCCCC2)c1. The second-order valence-electron chi connectivity index (χ2n) is 4.95. The van der Waals surface area contributed by atoms with E-state index in [0.717, 1.165) is 12.8 Å². The highest BCUT2D eigenvalue weighted by Crippen LogP contribution is 2.19. The number of aromatic nitrogens is 2. The smallest absolute Gasteiger partial charge is 0.241 e. The molecule has 0 aliphatic heterocycles. The van der Waals surface area contributed by atoms with Gasteiger partial charge in [0, 0.05) is 12.7 Å². The highest BCUT2D eigenvalue weighted by molar-refractivity contribution is 5.75. The summed E-state index contributed by atoms with van der Waals surface area (Å²) in [7, 11) is 0. The number of carbonyl (C=O) groups excluding carboxylic acids is 1. The van der Waals surface area contributed by atoms with Crippen molar-refractivity contribution in [1.82, 2.24) is 15.1 Å². The van der Waals surface area contributed by atoms with Gasteiger partial charge in [-0.25, -0.2) is 0 Å². The third-order valence-corrected chi connectivity index (χ3v) is 3.29. The molecule has 106 valence electrons. The molecular weight excluding hydrogens is 244 g/mol. The normalized spacial score (nSPS) is 16.4. The van der Waals surface area contributed by atoms with Crippen LogP contribution >= 0.6 is 0 Å². The van der Waals surface area contributed by atoms with E-state index in [4.69, 9.17) is 10.5 Å². The van der Waals surface area contributed by atoms with E-state index in [0.29, 0.717) is 24.9 Å². The van der Waals surface area contributed by atoms with Crippen LogP contribution in [0.2, 0.25) is 0 Å². The van der Waals surface area contributed by atoms with Crippen molar-refractivity contribution in [2.45, 2.75) is 44.8 Å². The Morgan fingerprint density at radius 1 is 1.47 bits per heavy atom. The molecule has 0 aromatic carbocycles. The minimum atomic E-state index is -0.0738. The number of hydrogen-bond donors (Lipinski definition) is 2. The van der Waals surface area contributed by atoms with Crippen LogP contribution in [-0.4, -0.2) is 34.9 Å². The number of ether oxygens (including phenoxy) is 1. The van der Waals surface area contributed by atoms with Crippen molar-refractivity contribution in [3.8, 4) is 0 Å². The standard InChI is InChI=1S/C13H22N4O2/c14-11-8-16-17(9-11)10-13(18)15-6-7-19-12-4-2-1-3-5-12/h8-9,12H,1-7,10,14H2,(H,15,18). The van der Waals surface area contributed by atoms with E-state index in [1.54, 1.807) is 6.20 Å². The Bertz CT molecular complexity index is 399. The van der Waals surface area contributed by atoms with Gasteiger partial charge in [-0.05, 0) is 12.8 Å². The van der Waals surface area contributed by atoms with Gasteiger partial charge < -0.3 is 15.8 Å². The molecule has 2 rings (SSSR count). The molecule has 6 heteroatoms. The van der Waals surface area contributed by atoms with Gasteiger partial charge in [-0.3, -0.25) is 9.48 Å². The highest BCUT2D eigenvalue weighted by Gasteiger charge is 2.13. The highest BCUT2D eigenvalue weighted by atomic mass is 16.5. The number of nitrogens with two attached hydrogens (primary N) is 1. The lowest BCUT2D eigenvalue weighted by atomic mass is 9.98. The maximum Gasteiger partial charge on any atom is 0.241 e. The number of carbonyl (C=O) groups is 1. The quantitative estimate of drug-likeness (QED) is 0.750. The molecule has 1 saturated carbocycles. The van der Waals surface area contributed by atoms with Gasteiger partial charge in [0.2, 0.25) is 5.91 Å². The van der Waals surface area contributed by atoms with Gasteiger partial charge in [-0.2, -0.15) is 5.10 Å². The lowest BCUT2D eigenvalue weighted by Gasteiger charge is -2.21. The van der Waals surface area contributed by atoms with Crippen LogP contribution in [0.1, 0.15) is 32.1 Å². The third kappa shape index (κ3) is 4.90. The van der Waals surface area contributed by atoms with Crippen LogP contribution in [0.25, 0.3) is 0 Å². The van der Waals surface area contributed by atoms with E-state index in [1.165, 1.54) is 30.1 Å². The summed E-state index contributed by atoms with van der Waals surface area (Å²) in [6, 6.07) is 0. The molecule has 0 atom stereocenters. The Kier molecular flexibility index (Phi) is 5.20. The molecule has 1 heterocycles. The zero-order valence-corrected chi connectivity index (χ0v) is 11.2. The molecule has 1 aliphatic carbocycles. The predicted molar refractivity (Wildman–Crippen MR) is 72.5 cm³/mol. The lowest BCUT2D eigenvalue weighted by Crippen LogP contribution is -2.32. The van der Waals surface area contributed by atoms with Crippen molar-refractivity contribution in [2.24, 2.45) is 0 Å². The number of hydrogen-bond acceptors (Lipinski definition) is 4. The van der Waals surface area contributed by atoms with Crippen LogP contribution < -0.4 is 11.1 Å². The molecule has 1 fully saturated rings. The molecule has 6 nitrogen and oxygen atoms in total. The van der Waals surface area contributed by atoms with Crippen molar-refractivity contribution in [2.75, 3.05) is 18.9 Å². The molecule has 19 heavy (non-hydrogen) atoms. The van der Waals surface area contributed by atoms with E-state index in [-0.39, 0.29) is 12.5 Å². The van der Waals surface area contributed by atoms with Gasteiger partial charge in [0.25, 0.3) is 0 Å². The van der Waals surface area contributed by atoms with Gasteiger partial charge in [0.1, 0.15) is 6.54 Å². The number of anilines is 1. The van der Waals surface area contributed by atoms with Crippen LogP contribution in [0.4, 0.5) is 5.69 Å². The Morgan fingerprint density at radius 3 is 2.95 bits per heavy atom. The van der Waals surface area contributed by atoms with Gasteiger partial charge in [0.15, 0.2) is 0 Å². The molecular formula is C13H22N4O2. The first-order valence-electron chi connectivity index (χ1n) is 6.90. The average Bonchev–Trinajstić information content (AvgIpc) is 2.81. The Morgan fingerprint density at radius 2 is 2.26 bits per heavy atom. The predicted octanol–water partition coefficient (Wildman–Crippen LogP) is 0.931. The molecule has 0 radical (unpaired) electrons. The third-order valence-electron chi connectivity index (χ3n) is 3.29. The molecule has 0 unspecified atom stereocenters. The van der Waals surface area contributed by atoms with Crippen molar-refractivity contribution >= 4 is 11.6 Å². The summed E-state index contributed by atoms with van der Waals surface area (Å²) in [5.74, 6) is -0.0738. The van der Waals surface area contributed by atoms with Gasteiger partial charge >= 0.3 is 0 Å². The van der Waals surface area contributed by atoms with E-state index >= 15 is 0 Å². The fourth-order valence-corrected chi connectivity index (χ4v) is 2.32. The fraction of sp³-hybridized carbons (Fsp3) is 0.692. The summed E-state index contributed by atoms with van der Waals surface area (Å²) in [5.41, 5.74) is 6.09. The first kappa shape index (κ1) is 13.9. The molecule has 3 N–H and O–H groups in total. The number of nitrogen functional groups attached to an aromatic ring is 1. The average molecular weight is 266 g/mol. The first-order chi connectivity index (χ1) is 9.24. The van der Waals surface area contributed by atoms with Gasteiger partial charge in [-0.15, -0.1) is 0 Å². The Labute approximate surface area is 113 Å². The van der Waals surface area contributed by atoms with Crippen LogP contribution in [-0.2, 0) is 16.1 Å². The van der Waals surface area contributed by atoms with E-state index in [9.17, 15) is 4.79 Å². The molecule has 0 bridgehead atoms. The summed E-state index contributed by atoms with van der Waals surface area (Å²) in [4.78, 5) is 11.6. The summed E-state index contributed by atoms with van der Waals surface area (Å²) in [6.45, 7) is 1.32. The number of nitrogens with one attached hydrogen (secondary N) is 1. The molecule has 1 amide bonds. The summed E-state index contributed by atoms with van der Waals surface area (Å²) in [5, 5.41) is 6.77. The van der Waals surface area contributed by atoms with Crippen LogP contribution in [0.3, 0.4) is 0 Å². The van der Waals surface area contributed by atoms with Crippen LogP contribution in [0.15, 0.2) is 12.4 Å². The fourth-order valence-electron chi connectivity index (χ4n) is 2.32. The van der Waals surface area contributed by atoms with E-state index < -0.39 is 0 Å². The largest absolute Gasteiger partial charge is 0.396 e. The van der Waals surface area contributed by atoms with Crippen molar-refractivity contribution < 1.29 is 9.53 Å². The minimum Gasteiger partial charge on any atom is -0.396 e. The minimum absolute atomic E-state index is 0.0738. The zero-order chi connectivity index (χ0) is 13.5. The summed E-state index contributed by atoms with van der Waals surface area (Å²) >= 11 is 0. The number of nitrogens with zero attached hydrogens (tertiary/aromatic N) is 2. The number of rotatable bonds is 6. The van der Waals surface area contributed by atoms with Crippen LogP contribution in [0.5, 0.6) is 0 Å². The molecule has 0 spiro atoms. The van der Waals surface area contributed by atoms with E-state index in [1.807, 2.05) is 0 Å². The second-order valence-corrected chi connectivity index (χ2v) is 4.95. The Hall–Kier alpha value is -1.56. The topological polar surface area (TPSA) is 82.2 Å². The van der Waals surface area contributed by atoms with E-state index in [2.05, 4.69) is 10.4 Å². The summed E-state index contributed by atoms with van der Waals surface area (Å²) < 4.78 is 7.25. The first-order valence-corrected chi connectivity index (χ1v) is 6.90. The van der Waals surface area contributed by atoms with Crippen molar-refractivity contribution in [3.05, 3.63) is 12.4 Å². The molecule has 1 aromatic heterocycles.